The van der Waals surface area contributed by atoms with Gasteiger partial charge in [-0.15, -0.1) is 10.2 Å². The van der Waals surface area contributed by atoms with E-state index in [-0.39, 0.29) is 11.7 Å². The molecule has 5 nitrogen and oxygen atoms in total. The molecule has 3 rings (SSSR count). The average molecular weight is 476 g/mol. The summed E-state index contributed by atoms with van der Waals surface area (Å²) in [5, 5.41) is 13.7. The van der Waals surface area contributed by atoms with Crippen molar-refractivity contribution >= 4 is 69.8 Å². The molecule has 0 bridgehead atoms. The number of carbonyl (C=O) groups is 1. The first-order valence-electron chi connectivity index (χ1n) is 8.15. The molecule has 0 aliphatic rings. The molecule has 3 aromatic rings. The third-order valence-electron chi connectivity index (χ3n) is 3.74. The highest BCUT2D eigenvalue weighted by molar-refractivity contribution is 7.99. The fourth-order valence-corrected chi connectivity index (χ4v) is 4.21. The lowest BCUT2D eigenvalue weighted by Gasteiger charge is -2.09. The van der Waals surface area contributed by atoms with Gasteiger partial charge in [0, 0.05) is 22.2 Å². The van der Waals surface area contributed by atoms with Crippen LogP contribution in [0.5, 0.6) is 0 Å². The van der Waals surface area contributed by atoms with Gasteiger partial charge in [-0.05, 0) is 43.3 Å². The SMILES string of the molecule is CCn1c(SCC(=O)Nc2ccc(Cl)cc2Cl)nnc1-c1ccc(Cl)cc1Cl. The second-order valence-electron chi connectivity index (χ2n) is 5.64. The Labute approximate surface area is 186 Å². The first-order chi connectivity index (χ1) is 13.4. The lowest BCUT2D eigenvalue weighted by molar-refractivity contribution is -0.113. The number of nitrogens with one attached hydrogen (secondary N) is 1. The fourth-order valence-electron chi connectivity index (χ4n) is 2.46. The third kappa shape index (κ3) is 4.93. The van der Waals surface area contributed by atoms with E-state index in [9.17, 15) is 4.79 Å². The van der Waals surface area contributed by atoms with Crippen LogP contribution in [0.3, 0.4) is 0 Å². The maximum Gasteiger partial charge on any atom is 0.234 e. The lowest BCUT2D eigenvalue weighted by atomic mass is 10.2. The maximum absolute atomic E-state index is 12.3. The summed E-state index contributed by atoms with van der Waals surface area (Å²) in [6, 6.07) is 10.1. The molecule has 1 N–H and O–H groups in total. The summed E-state index contributed by atoms with van der Waals surface area (Å²) in [7, 11) is 0. The van der Waals surface area contributed by atoms with Gasteiger partial charge in [-0.3, -0.25) is 4.79 Å². The first-order valence-corrected chi connectivity index (χ1v) is 10.6. The summed E-state index contributed by atoms with van der Waals surface area (Å²) in [5.41, 5.74) is 1.23. The molecular weight excluding hydrogens is 462 g/mol. The van der Waals surface area contributed by atoms with Crippen LogP contribution in [0.25, 0.3) is 11.4 Å². The van der Waals surface area contributed by atoms with Gasteiger partial charge in [-0.2, -0.15) is 0 Å². The summed E-state index contributed by atoms with van der Waals surface area (Å²) in [6.45, 7) is 2.59. The minimum atomic E-state index is -0.217. The van der Waals surface area contributed by atoms with Crippen LogP contribution in [0.15, 0.2) is 41.6 Å². The largest absolute Gasteiger partial charge is 0.324 e. The second-order valence-corrected chi connectivity index (χ2v) is 8.27. The highest BCUT2D eigenvalue weighted by Gasteiger charge is 2.17. The number of thioether (sulfide) groups is 1. The Balaban J connectivity index is 1.72. The Hall–Kier alpha value is -1.44. The predicted octanol–water partition coefficient (Wildman–Crippen LogP) is 6.31. The van der Waals surface area contributed by atoms with Crippen molar-refractivity contribution in [3.05, 3.63) is 56.5 Å². The molecular formula is C18H14Cl4N4OS. The van der Waals surface area contributed by atoms with E-state index in [0.29, 0.717) is 43.3 Å². The molecule has 0 saturated carbocycles. The van der Waals surface area contributed by atoms with E-state index in [2.05, 4.69) is 15.5 Å². The lowest BCUT2D eigenvalue weighted by Crippen LogP contribution is -2.15. The van der Waals surface area contributed by atoms with Gasteiger partial charge < -0.3 is 9.88 Å². The van der Waals surface area contributed by atoms with Crippen molar-refractivity contribution in [3.8, 4) is 11.4 Å². The number of hydrogen-bond donors (Lipinski definition) is 1. The van der Waals surface area contributed by atoms with Crippen molar-refractivity contribution in [1.29, 1.82) is 0 Å². The summed E-state index contributed by atoms with van der Waals surface area (Å²) in [5.74, 6) is 0.546. The molecule has 10 heteroatoms. The highest BCUT2D eigenvalue weighted by atomic mass is 35.5. The van der Waals surface area contributed by atoms with E-state index in [1.165, 1.54) is 11.8 Å². The van der Waals surface area contributed by atoms with Crippen LogP contribution < -0.4 is 5.32 Å². The molecule has 0 aliphatic carbocycles. The van der Waals surface area contributed by atoms with E-state index in [4.69, 9.17) is 46.4 Å². The van der Waals surface area contributed by atoms with Crippen LogP contribution in [0, 0.1) is 0 Å². The molecule has 0 fully saturated rings. The number of nitrogens with zero attached hydrogens (tertiary/aromatic N) is 3. The number of rotatable bonds is 6. The number of amides is 1. The summed E-state index contributed by atoms with van der Waals surface area (Å²) < 4.78 is 1.89. The minimum Gasteiger partial charge on any atom is -0.324 e. The van der Waals surface area contributed by atoms with E-state index < -0.39 is 0 Å². The molecule has 1 amide bonds. The van der Waals surface area contributed by atoms with Crippen molar-refractivity contribution in [3.63, 3.8) is 0 Å². The third-order valence-corrected chi connectivity index (χ3v) is 5.81. The highest BCUT2D eigenvalue weighted by Crippen LogP contribution is 2.31. The van der Waals surface area contributed by atoms with Gasteiger partial charge in [0.2, 0.25) is 5.91 Å². The number of benzene rings is 2. The molecule has 146 valence electrons. The molecule has 0 aliphatic heterocycles. The molecule has 0 radical (unpaired) electrons. The van der Waals surface area contributed by atoms with Gasteiger partial charge in [0.15, 0.2) is 11.0 Å². The van der Waals surface area contributed by atoms with E-state index >= 15 is 0 Å². The Morgan fingerprint density at radius 3 is 2.36 bits per heavy atom. The van der Waals surface area contributed by atoms with Crippen LogP contribution in [-0.2, 0) is 11.3 Å². The Bertz CT molecular complexity index is 1020. The van der Waals surface area contributed by atoms with Crippen molar-refractivity contribution in [2.75, 3.05) is 11.1 Å². The molecule has 2 aromatic carbocycles. The summed E-state index contributed by atoms with van der Waals surface area (Å²) >= 11 is 25.5. The number of halogens is 4. The van der Waals surface area contributed by atoms with Crippen LogP contribution in [0.1, 0.15) is 6.92 Å². The van der Waals surface area contributed by atoms with E-state index in [0.717, 1.165) is 5.56 Å². The van der Waals surface area contributed by atoms with E-state index in [1.807, 2.05) is 11.5 Å². The van der Waals surface area contributed by atoms with E-state index in [1.54, 1.807) is 36.4 Å². The number of anilines is 1. The van der Waals surface area contributed by atoms with Crippen molar-refractivity contribution in [2.24, 2.45) is 0 Å². The Morgan fingerprint density at radius 1 is 1.04 bits per heavy atom. The molecule has 1 aromatic heterocycles. The smallest absolute Gasteiger partial charge is 0.234 e. The van der Waals surface area contributed by atoms with Gasteiger partial charge in [-0.1, -0.05) is 58.2 Å². The molecule has 0 unspecified atom stereocenters. The van der Waals surface area contributed by atoms with Crippen molar-refractivity contribution in [2.45, 2.75) is 18.6 Å². The van der Waals surface area contributed by atoms with Crippen LogP contribution in [-0.4, -0.2) is 26.4 Å². The number of hydrogen-bond acceptors (Lipinski definition) is 4. The van der Waals surface area contributed by atoms with Crippen LogP contribution >= 0.6 is 58.2 Å². The fraction of sp³-hybridized carbons (Fsp3) is 0.167. The van der Waals surface area contributed by atoms with Gasteiger partial charge in [0.25, 0.3) is 0 Å². The topological polar surface area (TPSA) is 59.8 Å². The second kappa shape index (κ2) is 9.37. The van der Waals surface area contributed by atoms with Crippen molar-refractivity contribution in [1.82, 2.24) is 14.8 Å². The van der Waals surface area contributed by atoms with Gasteiger partial charge >= 0.3 is 0 Å². The minimum absolute atomic E-state index is 0.144. The molecule has 0 atom stereocenters. The monoisotopic (exact) mass is 474 g/mol. The number of aromatic nitrogens is 3. The van der Waals surface area contributed by atoms with Gasteiger partial charge in [0.1, 0.15) is 0 Å². The van der Waals surface area contributed by atoms with Gasteiger partial charge in [0.05, 0.1) is 21.5 Å². The Kier molecular flexibility index (Phi) is 7.12. The zero-order chi connectivity index (χ0) is 20.3. The Morgan fingerprint density at radius 2 is 1.71 bits per heavy atom. The average Bonchev–Trinajstić information content (AvgIpc) is 3.05. The number of carbonyl (C=O) groups excluding carboxylic acids is 1. The normalized spacial score (nSPS) is 10.9. The summed E-state index contributed by atoms with van der Waals surface area (Å²) in [4.78, 5) is 12.3. The van der Waals surface area contributed by atoms with Crippen LogP contribution in [0.2, 0.25) is 20.1 Å². The van der Waals surface area contributed by atoms with Crippen LogP contribution in [0.4, 0.5) is 5.69 Å². The summed E-state index contributed by atoms with van der Waals surface area (Å²) in [6.07, 6.45) is 0. The predicted molar refractivity (Wildman–Crippen MR) is 117 cm³/mol. The zero-order valence-corrected chi connectivity index (χ0v) is 18.4. The first kappa shape index (κ1) is 21.3. The zero-order valence-electron chi connectivity index (χ0n) is 14.5. The maximum atomic E-state index is 12.3. The quantitative estimate of drug-likeness (QED) is 0.424. The molecule has 0 spiro atoms. The van der Waals surface area contributed by atoms with Crippen molar-refractivity contribution < 1.29 is 4.79 Å². The molecule has 28 heavy (non-hydrogen) atoms. The molecule has 0 saturated heterocycles. The molecule has 1 heterocycles. The van der Waals surface area contributed by atoms with Gasteiger partial charge in [-0.25, -0.2) is 0 Å². The standard InChI is InChI=1S/C18H14Cl4N4OS/c1-2-26-17(12-5-3-10(19)7-13(12)21)24-25-18(26)28-9-16(27)23-15-6-4-11(20)8-14(15)22/h3-8H,2,9H2,1H3,(H,23,27).